The van der Waals surface area contributed by atoms with Crippen molar-refractivity contribution in [2.24, 2.45) is 5.73 Å². The molecule has 1 saturated heterocycles. The van der Waals surface area contributed by atoms with Crippen LogP contribution in [0.25, 0.3) is 0 Å². The molecule has 0 radical (unpaired) electrons. The van der Waals surface area contributed by atoms with Gasteiger partial charge >= 0.3 is 0 Å². The molecule has 0 saturated carbocycles. The van der Waals surface area contributed by atoms with Crippen LogP contribution in [0.3, 0.4) is 0 Å². The molecule has 8 nitrogen and oxygen atoms in total. The van der Waals surface area contributed by atoms with Crippen LogP contribution in [0.5, 0.6) is 0 Å². The number of carbonyl (C=O) groups is 4. The summed E-state index contributed by atoms with van der Waals surface area (Å²) in [6.45, 7) is 7.40. The maximum absolute atomic E-state index is 13.1. The molecule has 2 rings (SSSR count). The van der Waals surface area contributed by atoms with Gasteiger partial charge in [-0.3, -0.25) is 19.2 Å². The van der Waals surface area contributed by atoms with Crippen LogP contribution in [-0.2, 0) is 25.6 Å². The van der Waals surface area contributed by atoms with Gasteiger partial charge in [-0.25, -0.2) is 0 Å². The van der Waals surface area contributed by atoms with Gasteiger partial charge in [-0.1, -0.05) is 41.5 Å². The Hall–Kier alpha value is -3.42. The van der Waals surface area contributed by atoms with Crippen molar-refractivity contribution in [2.75, 3.05) is 6.54 Å². The lowest BCUT2D eigenvalue weighted by Crippen LogP contribution is -2.52. The number of nitrogens with one attached hydrogen (secondary N) is 2. The summed E-state index contributed by atoms with van der Waals surface area (Å²) in [5.74, 6) is -1.72. The Morgan fingerprint density at radius 2 is 1.69 bits per heavy atom. The summed E-state index contributed by atoms with van der Waals surface area (Å²) in [6.07, 6.45) is 3.42. The second kappa shape index (κ2) is 11.3. The fourth-order valence-electron chi connectivity index (χ4n) is 3.61. The highest BCUT2D eigenvalue weighted by Crippen LogP contribution is 2.20. The summed E-state index contributed by atoms with van der Waals surface area (Å²) in [5.41, 5.74) is 8.02. The van der Waals surface area contributed by atoms with Crippen molar-refractivity contribution in [3.63, 3.8) is 0 Å². The first-order valence-corrected chi connectivity index (χ1v) is 10.6. The first-order chi connectivity index (χ1) is 15.1. The van der Waals surface area contributed by atoms with E-state index in [4.69, 9.17) is 5.73 Å². The number of amides is 4. The molecule has 1 heterocycles. The summed E-state index contributed by atoms with van der Waals surface area (Å²) in [4.78, 5) is 51.4. The number of nitrogens with zero attached hydrogens (tertiary/aromatic N) is 1. The monoisotopic (exact) mass is 440 g/mol. The third kappa shape index (κ3) is 7.37. The third-order valence-corrected chi connectivity index (χ3v) is 5.01. The number of benzene rings is 1. The molecule has 3 atom stereocenters. The molecule has 0 aromatic heterocycles. The minimum absolute atomic E-state index is 0.197. The Morgan fingerprint density at radius 3 is 2.25 bits per heavy atom. The first-order valence-electron chi connectivity index (χ1n) is 10.6. The second-order valence-corrected chi connectivity index (χ2v) is 8.54. The van der Waals surface area contributed by atoms with E-state index in [1.165, 1.54) is 17.1 Å². The number of primary amides is 1. The number of nitrogens with two attached hydrogens (primary N) is 1. The molecule has 1 fully saturated rings. The molecule has 1 aliphatic heterocycles. The van der Waals surface area contributed by atoms with Crippen molar-refractivity contribution in [1.29, 1.82) is 0 Å². The van der Waals surface area contributed by atoms with Gasteiger partial charge in [0, 0.05) is 31.2 Å². The predicted molar refractivity (Wildman–Crippen MR) is 122 cm³/mol. The maximum Gasteiger partial charge on any atom is 0.247 e. The summed E-state index contributed by atoms with van der Waals surface area (Å²) in [7, 11) is 0. The van der Waals surface area contributed by atoms with E-state index in [0.717, 1.165) is 16.7 Å². The fraction of sp³-hybridized carbons (Fsp3) is 0.417. The molecule has 1 aliphatic rings. The zero-order valence-electron chi connectivity index (χ0n) is 19.1. The SMILES string of the molecule is CC(C)=CC(=O)N[C@H]1C[C@@H](C(=O)N[C@H](Cc2ccccc2)C(N)=O)N(C(=O)C=C(C)C)C1. The van der Waals surface area contributed by atoms with Gasteiger partial charge < -0.3 is 21.3 Å². The van der Waals surface area contributed by atoms with E-state index in [-0.39, 0.29) is 37.2 Å². The number of hydrogen-bond donors (Lipinski definition) is 3. The molecule has 172 valence electrons. The Kier molecular flexibility index (Phi) is 8.75. The fourth-order valence-corrected chi connectivity index (χ4v) is 3.61. The Balaban J connectivity index is 2.18. The Labute approximate surface area is 188 Å². The van der Waals surface area contributed by atoms with E-state index in [0.29, 0.717) is 0 Å². The van der Waals surface area contributed by atoms with Gasteiger partial charge in [0.15, 0.2) is 0 Å². The van der Waals surface area contributed by atoms with Crippen LogP contribution < -0.4 is 16.4 Å². The van der Waals surface area contributed by atoms with Crippen LogP contribution in [-0.4, -0.2) is 53.2 Å². The normalized spacial score (nSPS) is 18.3. The first kappa shape index (κ1) is 24.8. The minimum atomic E-state index is -0.912. The van der Waals surface area contributed by atoms with Crippen LogP contribution in [0, 0.1) is 0 Å². The smallest absolute Gasteiger partial charge is 0.247 e. The summed E-state index contributed by atoms with van der Waals surface area (Å²) < 4.78 is 0. The number of carbonyl (C=O) groups excluding carboxylic acids is 4. The average molecular weight is 441 g/mol. The van der Waals surface area contributed by atoms with E-state index < -0.39 is 23.9 Å². The largest absolute Gasteiger partial charge is 0.368 e. The lowest BCUT2D eigenvalue weighted by Gasteiger charge is -2.25. The van der Waals surface area contributed by atoms with E-state index in [1.807, 2.05) is 44.2 Å². The van der Waals surface area contributed by atoms with Gasteiger partial charge in [-0.15, -0.1) is 0 Å². The number of hydrogen-bond acceptors (Lipinski definition) is 4. The van der Waals surface area contributed by atoms with Crippen molar-refractivity contribution in [3.05, 3.63) is 59.2 Å². The lowest BCUT2D eigenvalue weighted by molar-refractivity contribution is -0.136. The topological polar surface area (TPSA) is 122 Å². The van der Waals surface area contributed by atoms with E-state index in [9.17, 15) is 19.2 Å². The zero-order chi connectivity index (χ0) is 23.8. The van der Waals surface area contributed by atoms with E-state index in [1.54, 1.807) is 13.8 Å². The van der Waals surface area contributed by atoms with E-state index >= 15 is 0 Å². The quantitative estimate of drug-likeness (QED) is 0.526. The third-order valence-electron chi connectivity index (χ3n) is 5.01. The van der Waals surface area contributed by atoms with Crippen molar-refractivity contribution in [3.8, 4) is 0 Å². The number of allylic oxidation sites excluding steroid dienone is 2. The molecule has 0 spiro atoms. The highest BCUT2D eigenvalue weighted by molar-refractivity contribution is 5.96. The van der Waals surface area contributed by atoms with Gasteiger partial charge in [0.25, 0.3) is 0 Å². The Bertz CT molecular complexity index is 915. The standard InChI is InChI=1S/C24H32N4O4/c1-15(2)10-21(29)26-18-13-20(28(14-18)22(30)11-16(3)4)24(32)27-19(23(25)31)12-17-8-6-5-7-9-17/h5-11,18-20H,12-14H2,1-4H3,(H2,25,31)(H,26,29)(H,27,32)/t18-,19+,20-/m0/s1. The Morgan fingerprint density at radius 1 is 1.06 bits per heavy atom. The molecule has 4 amide bonds. The molecular weight excluding hydrogens is 408 g/mol. The highest BCUT2D eigenvalue weighted by Gasteiger charge is 2.40. The highest BCUT2D eigenvalue weighted by atomic mass is 16.2. The predicted octanol–water partition coefficient (Wildman–Crippen LogP) is 1.22. The number of likely N-dealkylation sites (tertiary alicyclic amines) is 1. The van der Waals surface area contributed by atoms with Crippen LogP contribution in [0.2, 0.25) is 0 Å². The molecule has 8 heteroatoms. The van der Waals surface area contributed by atoms with Gasteiger partial charge in [0.2, 0.25) is 23.6 Å². The van der Waals surface area contributed by atoms with Crippen LogP contribution >= 0.6 is 0 Å². The van der Waals surface area contributed by atoms with Crippen LogP contribution in [0.1, 0.15) is 39.7 Å². The van der Waals surface area contributed by atoms with Gasteiger partial charge in [-0.2, -0.15) is 0 Å². The molecule has 0 bridgehead atoms. The van der Waals surface area contributed by atoms with Crippen molar-refractivity contribution < 1.29 is 19.2 Å². The summed E-state index contributed by atoms with van der Waals surface area (Å²) in [5, 5.41) is 5.55. The van der Waals surface area contributed by atoms with Gasteiger partial charge in [-0.05, 0) is 39.7 Å². The molecule has 0 unspecified atom stereocenters. The van der Waals surface area contributed by atoms with Gasteiger partial charge in [0.05, 0.1) is 0 Å². The molecular formula is C24H32N4O4. The molecule has 4 N–H and O–H groups in total. The molecule has 0 aliphatic carbocycles. The summed E-state index contributed by atoms with van der Waals surface area (Å²) >= 11 is 0. The molecule has 1 aromatic rings. The second-order valence-electron chi connectivity index (χ2n) is 8.54. The minimum Gasteiger partial charge on any atom is -0.368 e. The van der Waals surface area contributed by atoms with Crippen molar-refractivity contribution in [1.82, 2.24) is 15.5 Å². The van der Waals surface area contributed by atoms with Crippen molar-refractivity contribution in [2.45, 2.75) is 58.7 Å². The summed E-state index contributed by atoms with van der Waals surface area (Å²) in [6, 6.07) is 7.10. The number of rotatable bonds is 8. The zero-order valence-corrected chi connectivity index (χ0v) is 19.1. The van der Waals surface area contributed by atoms with E-state index in [2.05, 4.69) is 10.6 Å². The lowest BCUT2D eigenvalue weighted by atomic mass is 10.0. The molecule has 1 aromatic carbocycles. The maximum atomic E-state index is 13.1. The van der Waals surface area contributed by atoms with Crippen LogP contribution in [0.4, 0.5) is 0 Å². The van der Waals surface area contributed by atoms with Crippen LogP contribution in [0.15, 0.2) is 53.6 Å². The molecule has 32 heavy (non-hydrogen) atoms. The van der Waals surface area contributed by atoms with Crippen molar-refractivity contribution >= 4 is 23.6 Å². The van der Waals surface area contributed by atoms with Gasteiger partial charge in [0.1, 0.15) is 12.1 Å². The average Bonchev–Trinajstić information content (AvgIpc) is 3.11.